The molecule has 2 aromatic carbocycles. The Labute approximate surface area is 175 Å². The highest BCUT2D eigenvalue weighted by Gasteiger charge is 2.26. The monoisotopic (exact) mass is 412 g/mol. The highest BCUT2D eigenvalue weighted by Crippen LogP contribution is 2.38. The van der Waals surface area contributed by atoms with Gasteiger partial charge in [0.15, 0.2) is 0 Å². The predicted molar refractivity (Wildman–Crippen MR) is 115 cm³/mol. The molecule has 152 valence electrons. The van der Waals surface area contributed by atoms with Gasteiger partial charge in [-0.05, 0) is 54.3 Å². The van der Waals surface area contributed by atoms with Gasteiger partial charge in [0, 0.05) is 53.6 Å². The number of halogens is 1. The molecular formula is C23H25ClN2O3. The van der Waals surface area contributed by atoms with Crippen molar-refractivity contribution in [3.8, 4) is 11.5 Å². The molecule has 1 aromatic heterocycles. The highest BCUT2D eigenvalue weighted by atomic mass is 35.5. The van der Waals surface area contributed by atoms with Gasteiger partial charge in [-0.25, -0.2) is 0 Å². The molecule has 1 fully saturated rings. The molecule has 0 spiro atoms. The number of carbonyl (C=O) groups excluding carboxylic acids is 1. The number of H-pyrrole nitrogens is 1. The Morgan fingerprint density at radius 3 is 2.45 bits per heavy atom. The maximum Gasteiger partial charge on any atom is 0.223 e. The van der Waals surface area contributed by atoms with E-state index in [1.807, 2.05) is 47.5 Å². The highest BCUT2D eigenvalue weighted by molar-refractivity contribution is 6.31. The smallest absolute Gasteiger partial charge is 0.223 e. The molecule has 0 bridgehead atoms. The van der Waals surface area contributed by atoms with E-state index in [0.29, 0.717) is 22.9 Å². The molecule has 1 amide bonds. The number of likely N-dealkylation sites (tertiary alicyclic amines) is 1. The third kappa shape index (κ3) is 4.06. The molecule has 1 atom stereocenters. The normalized spacial score (nSPS) is 14.9. The van der Waals surface area contributed by atoms with Gasteiger partial charge in [-0.1, -0.05) is 11.6 Å². The SMILES string of the molecule is COc1cc(OC)cc([C@@H](CC(=O)N2CCCC2)c2c[nH]c3ccc(Cl)cc23)c1. The Balaban J connectivity index is 1.80. The van der Waals surface area contributed by atoms with Crippen LogP contribution >= 0.6 is 11.6 Å². The zero-order chi connectivity index (χ0) is 20.4. The van der Waals surface area contributed by atoms with Gasteiger partial charge in [-0.3, -0.25) is 4.79 Å². The third-order valence-electron chi connectivity index (χ3n) is 5.66. The van der Waals surface area contributed by atoms with Crippen molar-refractivity contribution in [2.75, 3.05) is 27.3 Å². The van der Waals surface area contributed by atoms with Crippen LogP contribution in [0.5, 0.6) is 11.5 Å². The Bertz CT molecular complexity index is 1000. The fourth-order valence-corrected chi connectivity index (χ4v) is 4.28. The van der Waals surface area contributed by atoms with Crippen LogP contribution in [0.25, 0.3) is 10.9 Å². The fraction of sp³-hybridized carbons (Fsp3) is 0.348. The fourth-order valence-electron chi connectivity index (χ4n) is 4.11. The van der Waals surface area contributed by atoms with Crippen molar-refractivity contribution in [3.63, 3.8) is 0 Å². The first-order valence-electron chi connectivity index (χ1n) is 9.86. The number of aromatic amines is 1. The summed E-state index contributed by atoms with van der Waals surface area (Å²) < 4.78 is 10.9. The van der Waals surface area contributed by atoms with E-state index in [1.54, 1.807) is 14.2 Å². The van der Waals surface area contributed by atoms with E-state index in [2.05, 4.69) is 4.98 Å². The number of amides is 1. The zero-order valence-electron chi connectivity index (χ0n) is 16.7. The van der Waals surface area contributed by atoms with Crippen molar-refractivity contribution in [2.45, 2.75) is 25.2 Å². The third-order valence-corrected chi connectivity index (χ3v) is 5.90. The molecule has 0 radical (unpaired) electrons. The molecule has 6 heteroatoms. The number of fused-ring (bicyclic) bond motifs is 1. The predicted octanol–water partition coefficient (Wildman–Crippen LogP) is 4.98. The van der Waals surface area contributed by atoms with Crippen molar-refractivity contribution in [2.24, 2.45) is 0 Å². The Morgan fingerprint density at radius 2 is 1.79 bits per heavy atom. The molecule has 0 aliphatic carbocycles. The Morgan fingerprint density at radius 1 is 1.10 bits per heavy atom. The number of aromatic nitrogens is 1. The summed E-state index contributed by atoms with van der Waals surface area (Å²) in [6.07, 6.45) is 4.52. The number of hydrogen-bond acceptors (Lipinski definition) is 3. The molecular weight excluding hydrogens is 388 g/mol. The molecule has 29 heavy (non-hydrogen) atoms. The summed E-state index contributed by atoms with van der Waals surface area (Å²) in [7, 11) is 3.27. The molecule has 0 saturated carbocycles. The van der Waals surface area contributed by atoms with Crippen LogP contribution in [-0.2, 0) is 4.79 Å². The van der Waals surface area contributed by atoms with E-state index in [1.165, 1.54) is 0 Å². The molecule has 3 aromatic rings. The van der Waals surface area contributed by atoms with Gasteiger partial charge in [-0.2, -0.15) is 0 Å². The molecule has 1 saturated heterocycles. The lowest BCUT2D eigenvalue weighted by Gasteiger charge is -2.22. The number of nitrogens with one attached hydrogen (secondary N) is 1. The Hall–Kier alpha value is -2.66. The van der Waals surface area contributed by atoms with E-state index in [0.717, 1.165) is 48.0 Å². The van der Waals surface area contributed by atoms with Gasteiger partial charge >= 0.3 is 0 Å². The topological polar surface area (TPSA) is 54.6 Å². The van der Waals surface area contributed by atoms with Crippen LogP contribution in [0.2, 0.25) is 5.02 Å². The van der Waals surface area contributed by atoms with Crippen molar-refractivity contribution in [1.82, 2.24) is 9.88 Å². The van der Waals surface area contributed by atoms with Crippen molar-refractivity contribution < 1.29 is 14.3 Å². The first-order chi connectivity index (χ1) is 14.1. The lowest BCUT2D eigenvalue weighted by Crippen LogP contribution is -2.29. The van der Waals surface area contributed by atoms with E-state index in [-0.39, 0.29) is 11.8 Å². The minimum Gasteiger partial charge on any atom is -0.497 e. The second kappa shape index (κ2) is 8.37. The van der Waals surface area contributed by atoms with Crippen LogP contribution in [-0.4, -0.2) is 43.1 Å². The van der Waals surface area contributed by atoms with Gasteiger partial charge < -0.3 is 19.4 Å². The Kier molecular flexibility index (Phi) is 5.67. The number of hydrogen-bond donors (Lipinski definition) is 1. The van der Waals surface area contributed by atoms with Gasteiger partial charge in [0.25, 0.3) is 0 Å². The average molecular weight is 413 g/mol. The van der Waals surface area contributed by atoms with Gasteiger partial charge in [0.1, 0.15) is 11.5 Å². The minimum absolute atomic E-state index is 0.140. The lowest BCUT2D eigenvalue weighted by atomic mass is 9.87. The maximum absolute atomic E-state index is 13.1. The summed E-state index contributed by atoms with van der Waals surface area (Å²) >= 11 is 6.27. The summed E-state index contributed by atoms with van der Waals surface area (Å²) in [4.78, 5) is 18.3. The number of rotatable bonds is 6. The first-order valence-corrected chi connectivity index (χ1v) is 10.2. The van der Waals surface area contributed by atoms with Crippen LogP contribution in [0.15, 0.2) is 42.6 Å². The second-order valence-corrected chi connectivity index (χ2v) is 7.86. The van der Waals surface area contributed by atoms with Crippen LogP contribution in [0.3, 0.4) is 0 Å². The summed E-state index contributed by atoms with van der Waals surface area (Å²) in [6, 6.07) is 11.6. The lowest BCUT2D eigenvalue weighted by molar-refractivity contribution is -0.130. The molecule has 1 N–H and O–H groups in total. The number of carbonyl (C=O) groups is 1. The molecule has 2 heterocycles. The summed E-state index contributed by atoms with van der Waals surface area (Å²) in [5.41, 5.74) is 3.03. The average Bonchev–Trinajstić information content (AvgIpc) is 3.41. The van der Waals surface area contributed by atoms with E-state index < -0.39 is 0 Å². The number of nitrogens with zero attached hydrogens (tertiary/aromatic N) is 1. The minimum atomic E-state index is -0.140. The van der Waals surface area contributed by atoms with Crippen LogP contribution in [0, 0.1) is 0 Å². The van der Waals surface area contributed by atoms with Crippen LogP contribution in [0.4, 0.5) is 0 Å². The quantitative estimate of drug-likeness (QED) is 0.621. The molecule has 0 unspecified atom stereocenters. The number of methoxy groups -OCH3 is 2. The van der Waals surface area contributed by atoms with E-state index >= 15 is 0 Å². The van der Waals surface area contributed by atoms with Crippen molar-refractivity contribution >= 4 is 28.4 Å². The summed E-state index contributed by atoms with van der Waals surface area (Å²) in [6.45, 7) is 1.68. The van der Waals surface area contributed by atoms with Gasteiger partial charge in [0.05, 0.1) is 14.2 Å². The number of ether oxygens (including phenoxy) is 2. The maximum atomic E-state index is 13.1. The summed E-state index contributed by atoms with van der Waals surface area (Å²) in [5.74, 6) is 1.44. The standard InChI is InChI=1S/C23H25ClN2O3/c1-28-17-9-15(10-18(12-17)29-2)19(13-23(27)26-7-3-4-8-26)21-14-25-22-6-5-16(24)11-20(21)22/h5-6,9-12,14,19,25H,3-4,7-8,13H2,1-2H3/t19-/m1/s1. The molecule has 5 nitrogen and oxygen atoms in total. The zero-order valence-corrected chi connectivity index (χ0v) is 17.5. The second-order valence-electron chi connectivity index (χ2n) is 7.42. The first kappa shape index (κ1) is 19.6. The van der Waals surface area contributed by atoms with Crippen molar-refractivity contribution in [1.29, 1.82) is 0 Å². The largest absolute Gasteiger partial charge is 0.497 e. The molecule has 4 rings (SSSR count). The van der Waals surface area contributed by atoms with Crippen LogP contribution < -0.4 is 9.47 Å². The van der Waals surface area contributed by atoms with Gasteiger partial charge in [-0.15, -0.1) is 0 Å². The van der Waals surface area contributed by atoms with E-state index in [9.17, 15) is 4.79 Å². The van der Waals surface area contributed by atoms with Crippen LogP contribution in [0.1, 0.15) is 36.3 Å². The van der Waals surface area contributed by atoms with E-state index in [4.69, 9.17) is 21.1 Å². The molecule has 1 aliphatic rings. The summed E-state index contributed by atoms with van der Waals surface area (Å²) in [5, 5.41) is 1.70. The molecule has 1 aliphatic heterocycles. The number of benzene rings is 2. The van der Waals surface area contributed by atoms with Crippen molar-refractivity contribution in [3.05, 3.63) is 58.7 Å². The van der Waals surface area contributed by atoms with Gasteiger partial charge in [0.2, 0.25) is 5.91 Å².